The molecule has 0 amide bonds. The van der Waals surface area contributed by atoms with Gasteiger partial charge in [-0.2, -0.15) is 0 Å². The molecule has 0 saturated carbocycles. The van der Waals surface area contributed by atoms with Crippen molar-refractivity contribution in [2.45, 2.75) is 26.5 Å². The molecule has 0 aliphatic heterocycles. The van der Waals surface area contributed by atoms with E-state index < -0.39 is 0 Å². The Labute approximate surface area is 190 Å². The molecule has 0 bridgehead atoms. The highest BCUT2D eigenvalue weighted by Crippen LogP contribution is 2.26. The summed E-state index contributed by atoms with van der Waals surface area (Å²) in [5, 5.41) is 6.57. The Bertz CT molecular complexity index is 770. The third-order valence-corrected chi connectivity index (χ3v) is 3.95. The molecule has 8 heteroatoms. The highest BCUT2D eigenvalue weighted by atomic mass is 127. The third kappa shape index (κ3) is 8.35. The van der Waals surface area contributed by atoms with E-state index in [1.54, 1.807) is 7.11 Å². The summed E-state index contributed by atoms with van der Waals surface area (Å²) in [6.07, 6.45) is -0.0599. The van der Waals surface area contributed by atoms with Crippen molar-refractivity contribution in [3.63, 3.8) is 0 Å². The zero-order valence-electron chi connectivity index (χ0n) is 17.8. The van der Waals surface area contributed by atoms with Gasteiger partial charge in [0, 0.05) is 20.6 Å². The second-order valence-corrected chi connectivity index (χ2v) is 6.54. The number of anilines is 1. The number of benzene rings is 1. The predicted molar refractivity (Wildman–Crippen MR) is 130 cm³/mol. The van der Waals surface area contributed by atoms with E-state index in [1.807, 2.05) is 75.3 Å². The Morgan fingerprint density at radius 2 is 1.83 bits per heavy atom. The van der Waals surface area contributed by atoms with Gasteiger partial charge in [-0.25, -0.2) is 9.98 Å². The van der Waals surface area contributed by atoms with E-state index in [0.717, 1.165) is 35.5 Å². The van der Waals surface area contributed by atoms with E-state index in [1.165, 1.54) is 0 Å². The van der Waals surface area contributed by atoms with E-state index in [0.29, 0.717) is 13.1 Å². The Morgan fingerprint density at radius 3 is 2.48 bits per heavy atom. The van der Waals surface area contributed by atoms with Crippen LogP contribution in [0.15, 0.2) is 47.5 Å². The first-order valence-corrected chi connectivity index (χ1v) is 9.48. The van der Waals surface area contributed by atoms with Gasteiger partial charge in [0.2, 0.25) is 0 Å². The number of aromatic nitrogens is 1. The quantitative estimate of drug-likeness (QED) is 0.305. The van der Waals surface area contributed by atoms with E-state index in [-0.39, 0.29) is 30.1 Å². The number of ether oxygens (including phenoxy) is 2. The summed E-state index contributed by atoms with van der Waals surface area (Å²) in [4.78, 5) is 11.2. The molecule has 1 unspecified atom stereocenters. The molecule has 1 heterocycles. The molecule has 160 valence electrons. The van der Waals surface area contributed by atoms with Crippen molar-refractivity contribution in [3.8, 4) is 11.5 Å². The van der Waals surface area contributed by atoms with Crippen LogP contribution in [-0.4, -0.2) is 51.3 Å². The number of rotatable bonds is 9. The Kier molecular flexibility index (Phi) is 11.2. The third-order valence-electron chi connectivity index (χ3n) is 3.95. The number of aliphatic imine (C=N–C) groups is 1. The molecule has 7 nitrogen and oxygen atoms in total. The van der Waals surface area contributed by atoms with Crippen molar-refractivity contribution in [1.29, 1.82) is 0 Å². The zero-order valence-corrected chi connectivity index (χ0v) is 20.1. The first-order valence-electron chi connectivity index (χ1n) is 9.48. The SMILES string of the molecule is CCNC(=NCc1cccc(N(C)C)n1)NCC(C)Oc1ccccc1OC.I. The van der Waals surface area contributed by atoms with Gasteiger partial charge in [-0.15, -0.1) is 24.0 Å². The van der Waals surface area contributed by atoms with E-state index >= 15 is 0 Å². The van der Waals surface area contributed by atoms with Gasteiger partial charge in [0.05, 0.1) is 25.9 Å². The normalized spacial score (nSPS) is 11.8. The molecule has 2 rings (SSSR count). The van der Waals surface area contributed by atoms with E-state index in [9.17, 15) is 0 Å². The maximum atomic E-state index is 5.98. The molecule has 1 aromatic heterocycles. The van der Waals surface area contributed by atoms with Crippen LogP contribution in [0.25, 0.3) is 0 Å². The van der Waals surface area contributed by atoms with Crippen LogP contribution in [0.5, 0.6) is 11.5 Å². The lowest BCUT2D eigenvalue weighted by molar-refractivity contribution is 0.213. The Morgan fingerprint density at radius 1 is 1.10 bits per heavy atom. The van der Waals surface area contributed by atoms with E-state index in [2.05, 4.69) is 20.6 Å². The number of methoxy groups -OCH3 is 1. The smallest absolute Gasteiger partial charge is 0.191 e. The monoisotopic (exact) mass is 513 g/mol. The first-order chi connectivity index (χ1) is 13.5. The highest BCUT2D eigenvalue weighted by molar-refractivity contribution is 14.0. The molecular formula is C21H32IN5O2. The molecule has 0 spiro atoms. The second kappa shape index (κ2) is 13.1. The maximum absolute atomic E-state index is 5.98. The predicted octanol–water partition coefficient (Wildman–Crippen LogP) is 3.30. The standard InChI is InChI=1S/C21H31N5O2.HI/c1-6-22-21(24-15-17-10-9-13-20(25-17)26(3)4)23-14-16(2)28-19-12-8-7-11-18(19)27-5;/h7-13,16H,6,14-15H2,1-5H3,(H2,22,23,24);1H. The lowest BCUT2D eigenvalue weighted by atomic mass is 10.3. The van der Waals surface area contributed by atoms with Gasteiger partial charge in [0.25, 0.3) is 0 Å². The lowest BCUT2D eigenvalue weighted by Crippen LogP contribution is -2.41. The molecule has 0 fully saturated rings. The van der Waals surface area contributed by atoms with Crippen LogP contribution in [0.1, 0.15) is 19.5 Å². The van der Waals surface area contributed by atoms with Crippen LogP contribution in [-0.2, 0) is 6.54 Å². The van der Waals surface area contributed by atoms with Crippen molar-refractivity contribution >= 4 is 35.8 Å². The number of guanidine groups is 1. The Balaban J connectivity index is 0.00000420. The van der Waals surface area contributed by atoms with Crippen LogP contribution < -0.4 is 25.0 Å². The largest absolute Gasteiger partial charge is 0.493 e. The fraction of sp³-hybridized carbons (Fsp3) is 0.429. The van der Waals surface area contributed by atoms with Crippen LogP contribution in [0.4, 0.5) is 5.82 Å². The molecule has 29 heavy (non-hydrogen) atoms. The second-order valence-electron chi connectivity index (χ2n) is 6.54. The maximum Gasteiger partial charge on any atom is 0.191 e. The fourth-order valence-electron chi connectivity index (χ4n) is 2.52. The van der Waals surface area contributed by atoms with Gasteiger partial charge in [-0.1, -0.05) is 18.2 Å². The molecule has 1 atom stereocenters. The molecule has 2 aromatic rings. The molecule has 0 aliphatic carbocycles. The number of nitrogens with zero attached hydrogens (tertiary/aromatic N) is 3. The molecule has 0 saturated heterocycles. The van der Waals surface area contributed by atoms with Gasteiger partial charge in [0.15, 0.2) is 17.5 Å². The van der Waals surface area contributed by atoms with Gasteiger partial charge in [0.1, 0.15) is 11.9 Å². The summed E-state index contributed by atoms with van der Waals surface area (Å²) in [7, 11) is 5.59. The lowest BCUT2D eigenvalue weighted by Gasteiger charge is -2.19. The number of hydrogen-bond acceptors (Lipinski definition) is 5. The number of hydrogen-bond donors (Lipinski definition) is 2. The van der Waals surface area contributed by atoms with Gasteiger partial charge in [-0.3, -0.25) is 0 Å². The van der Waals surface area contributed by atoms with E-state index in [4.69, 9.17) is 9.47 Å². The highest BCUT2D eigenvalue weighted by Gasteiger charge is 2.09. The van der Waals surface area contributed by atoms with Crippen molar-refractivity contribution in [1.82, 2.24) is 15.6 Å². The topological polar surface area (TPSA) is 71.0 Å². The van der Waals surface area contributed by atoms with Crippen molar-refractivity contribution in [2.24, 2.45) is 4.99 Å². The molecule has 1 aromatic carbocycles. The summed E-state index contributed by atoms with van der Waals surface area (Å²) in [5.41, 5.74) is 0.918. The summed E-state index contributed by atoms with van der Waals surface area (Å²) in [6, 6.07) is 13.6. The van der Waals surface area contributed by atoms with Crippen molar-refractivity contribution < 1.29 is 9.47 Å². The van der Waals surface area contributed by atoms with Crippen LogP contribution in [0.3, 0.4) is 0 Å². The van der Waals surface area contributed by atoms with Gasteiger partial charge < -0.3 is 25.0 Å². The average Bonchev–Trinajstić information content (AvgIpc) is 2.70. The van der Waals surface area contributed by atoms with Crippen LogP contribution in [0.2, 0.25) is 0 Å². The summed E-state index contributed by atoms with van der Waals surface area (Å²) < 4.78 is 11.3. The van der Waals surface area contributed by atoms with Gasteiger partial charge in [-0.05, 0) is 38.1 Å². The zero-order chi connectivity index (χ0) is 20.4. The summed E-state index contributed by atoms with van der Waals surface area (Å²) in [5.74, 6) is 3.10. The van der Waals surface area contributed by atoms with Gasteiger partial charge >= 0.3 is 0 Å². The molecular weight excluding hydrogens is 481 g/mol. The summed E-state index contributed by atoms with van der Waals surface area (Å²) >= 11 is 0. The molecule has 2 N–H and O–H groups in total. The minimum absolute atomic E-state index is 0. The minimum atomic E-state index is -0.0599. The number of nitrogens with one attached hydrogen (secondary N) is 2. The number of para-hydroxylation sites is 2. The Hall–Kier alpha value is -2.23. The summed E-state index contributed by atoms with van der Waals surface area (Å²) in [6.45, 7) is 5.93. The first kappa shape index (κ1) is 24.8. The molecule has 0 radical (unpaired) electrons. The number of pyridine rings is 1. The molecule has 0 aliphatic rings. The van der Waals surface area contributed by atoms with Crippen LogP contribution in [0, 0.1) is 0 Å². The fourth-order valence-corrected chi connectivity index (χ4v) is 2.52. The van der Waals surface area contributed by atoms with Crippen LogP contribution >= 0.6 is 24.0 Å². The minimum Gasteiger partial charge on any atom is -0.493 e. The van der Waals surface area contributed by atoms with Crippen molar-refractivity contribution in [3.05, 3.63) is 48.2 Å². The average molecular weight is 513 g/mol. The number of halogens is 1. The van der Waals surface area contributed by atoms with Crippen molar-refractivity contribution in [2.75, 3.05) is 39.2 Å².